The molecule has 104 valence electrons. The van der Waals surface area contributed by atoms with E-state index in [-0.39, 0.29) is 18.1 Å². The second-order valence-electron chi connectivity index (χ2n) is 5.02. The number of rotatable bonds is 3. The lowest BCUT2D eigenvalue weighted by Crippen LogP contribution is -2.51. The Labute approximate surface area is 108 Å². The van der Waals surface area contributed by atoms with Gasteiger partial charge in [-0.1, -0.05) is 0 Å². The molecular weight excluding hydrogens is 256 g/mol. The van der Waals surface area contributed by atoms with Crippen LogP contribution in [0.1, 0.15) is 25.7 Å². The third-order valence-electron chi connectivity index (χ3n) is 3.32. The lowest BCUT2D eigenvalue weighted by atomic mass is 10.1. The van der Waals surface area contributed by atoms with Crippen LogP contribution >= 0.6 is 0 Å². The van der Waals surface area contributed by atoms with Gasteiger partial charge in [0, 0.05) is 25.7 Å². The second-order valence-corrected chi connectivity index (χ2v) is 6.80. The first kappa shape index (κ1) is 13.8. The summed E-state index contributed by atoms with van der Waals surface area (Å²) in [6.07, 6.45) is 4.14. The number of carbonyl (C=O) groups excluding carboxylic acids is 1. The monoisotopic (exact) mass is 276 g/mol. The van der Waals surface area contributed by atoms with Crippen molar-refractivity contribution in [1.82, 2.24) is 9.62 Å². The molecule has 2 atom stereocenters. The maximum Gasteiger partial charge on any atom is 0.251 e. The maximum absolute atomic E-state index is 12.1. The lowest BCUT2D eigenvalue weighted by Gasteiger charge is -2.34. The Hall–Kier alpha value is -0.660. The summed E-state index contributed by atoms with van der Waals surface area (Å²) in [6, 6.07) is -0.167. The minimum absolute atomic E-state index is 0.00695. The van der Waals surface area contributed by atoms with Gasteiger partial charge in [-0.25, -0.2) is 13.1 Å². The van der Waals surface area contributed by atoms with Gasteiger partial charge in [-0.3, -0.25) is 4.79 Å². The van der Waals surface area contributed by atoms with Crippen molar-refractivity contribution in [3.8, 4) is 0 Å². The van der Waals surface area contributed by atoms with E-state index in [1.807, 2.05) is 0 Å². The van der Waals surface area contributed by atoms with Crippen molar-refractivity contribution in [2.75, 3.05) is 26.0 Å². The van der Waals surface area contributed by atoms with E-state index in [2.05, 4.69) is 4.72 Å². The van der Waals surface area contributed by atoms with Crippen molar-refractivity contribution in [1.29, 1.82) is 0 Å². The zero-order valence-electron chi connectivity index (χ0n) is 10.6. The highest BCUT2D eigenvalue weighted by Crippen LogP contribution is 2.18. The fourth-order valence-electron chi connectivity index (χ4n) is 2.55. The molecule has 7 heteroatoms. The molecule has 6 nitrogen and oxygen atoms in total. The number of amides is 1. The Kier molecular flexibility index (Phi) is 4.24. The predicted molar refractivity (Wildman–Crippen MR) is 66.6 cm³/mol. The number of likely N-dealkylation sites (tertiary alicyclic amines) is 1. The number of piperidine rings is 1. The highest BCUT2D eigenvalue weighted by Gasteiger charge is 2.32. The minimum atomic E-state index is -3.21. The zero-order chi connectivity index (χ0) is 13.2. The summed E-state index contributed by atoms with van der Waals surface area (Å²) in [5.41, 5.74) is 0. The Bertz CT molecular complexity index is 403. The number of nitrogens with one attached hydrogen (secondary N) is 1. The van der Waals surface area contributed by atoms with Gasteiger partial charge in [0.1, 0.15) is 6.10 Å². The fourth-order valence-corrected chi connectivity index (χ4v) is 3.35. The van der Waals surface area contributed by atoms with Crippen molar-refractivity contribution in [2.24, 2.45) is 0 Å². The molecule has 1 N–H and O–H groups in total. The van der Waals surface area contributed by atoms with Crippen LogP contribution in [0.25, 0.3) is 0 Å². The molecule has 0 bridgehead atoms. The standard InChI is InChI=1S/C11H20N2O4S/c1-18(15,16)12-9-4-2-6-13(8-9)11(14)10-5-3-7-17-10/h9-10,12H,2-8H2,1H3/t9-,10-/m1/s1. The van der Waals surface area contributed by atoms with Crippen molar-refractivity contribution in [3.63, 3.8) is 0 Å². The van der Waals surface area contributed by atoms with E-state index >= 15 is 0 Å². The molecular formula is C11H20N2O4S. The molecule has 2 fully saturated rings. The van der Waals surface area contributed by atoms with Crippen LogP contribution in [-0.2, 0) is 19.6 Å². The van der Waals surface area contributed by atoms with Crippen LogP contribution in [0.3, 0.4) is 0 Å². The lowest BCUT2D eigenvalue weighted by molar-refractivity contribution is -0.142. The number of sulfonamides is 1. The molecule has 2 aliphatic rings. The summed E-state index contributed by atoms with van der Waals surface area (Å²) < 4.78 is 30.3. The number of carbonyl (C=O) groups is 1. The number of nitrogens with zero attached hydrogens (tertiary/aromatic N) is 1. The fraction of sp³-hybridized carbons (Fsp3) is 0.909. The number of ether oxygens (including phenoxy) is 1. The Morgan fingerprint density at radius 1 is 1.33 bits per heavy atom. The van der Waals surface area contributed by atoms with Crippen LogP contribution in [0.5, 0.6) is 0 Å². The molecule has 0 aromatic rings. The van der Waals surface area contributed by atoms with Crippen molar-refractivity contribution in [3.05, 3.63) is 0 Å². The maximum atomic E-state index is 12.1. The summed E-state index contributed by atoms with van der Waals surface area (Å²) in [5, 5.41) is 0. The molecule has 0 aromatic carbocycles. The SMILES string of the molecule is CS(=O)(=O)N[C@@H]1CCCN(C(=O)[C@H]2CCCO2)C1. The number of hydrogen-bond acceptors (Lipinski definition) is 4. The van der Waals surface area contributed by atoms with E-state index in [0.717, 1.165) is 31.9 Å². The van der Waals surface area contributed by atoms with E-state index in [1.165, 1.54) is 0 Å². The Balaban J connectivity index is 1.91. The average molecular weight is 276 g/mol. The Morgan fingerprint density at radius 2 is 2.11 bits per heavy atom. The second kappa shape index (κ2) is 5.54. The van der Waals surface area contributed by atoms with Gasteiger partial charge in [0.05, 0.1) is 6.26 Å². The van der Waals surface area contributed by atoms with E-state index in [1.54, 1.807) is 4.90 Å². The van der Waals surface area contributed by atoms with Crippen LogP contribution < -0.4 is 4.72 Å². The molecule has 0 spiro atoms. The summed E-state index contributed by atoms with van der Waals surface area (Å²) in [4.78, 5) is 13.9. The van der Waals surface area contributed by atoms with Crippen molar-refractivity contribution in [2.45, 2.75) is 37.8 Å². The molecule has 0 saturated carbocycles. The molecule has 0 aromatic heterocycles. The van der Waals surface area contributed by atoms with Gasteiger partial charge in [0.25, 0.3) is 5.91 Å². The quantitative estimate of drug-likeness (QED) is 0.768. The molecule has 0 radical (unpaired) electrons. The first-order valence-corrected chi connectivity index (χ1v) is 8.22. The molecule has 2 saturated heterocycles. The summed E-state index contributed by atoms with van der Waals surface area (Å²) in [6.45, 7) is 1.79. The van der Waals surface area contributed by atoms with Gasteiger partial charge in [-0.05, 0) is 25.7 Å². The molecule has 0 aliphatic carbocycles. The van der Waals surface area contributed by atoms with Crippen molar-refractivity contribution < 1.29 is 17.9 Å². The zero-order valence-corrected chi connectivity index (χ0v) is 11.4. The van der Waals surface area contributed by atoms with Gasteiger partial charge in [-0.15, -0.1) is 0 Å². The van der Waals surface area contributed by atoms with E-state index < -0.39 is 10.0 Å². The van der Waals surface area contributed by atoms with E-state index in [4.69, 9.17) is 4.74 Å². The molecule has 2 rings (SSSR count). The highest BCUT2D eigenvalue weighted by atomic mass is 32.2. The third-order valence-corrected chi connectivity index (χ3v) is 4.08. The first-order chi connectivity index (χ1) is 8.46. The molecule has 2 aliphatic heterocycles. The van der Waals surface area contributed by atoms with Crippen molar-refractivity contribution >= 4 is 15.9 Å². The van der Waals surface area contributed by atoms with E-state index in [9.17, 15) is 13.2 Å². The largest absolute Gasteiger partial charge is 0.368 e. The van der Waals surface area contributed by atoms with Crippen LogP contribution in [0.2, 0.25) is 0 Å². The van der Waals surface area contributed by atoms with E-state index in [0.29, 0.717) is 19.7 Å². The van der Waals surface area contributed by atoms with Crippen LogP contribution in [0.4, 0.5) is 0 Å². The van der Waals surface area contributed by atoms with Gasteiger partial charge >= 0.3 is 0 Å². The number of hydrogen-bond donors (Lipinski definition) is 1. The van der Waals surface area contributed by atoms with Crippen LogP contribution in [0, 0.1) is 0 Å². The van der Waals surface area contributed by atoms with Gasteiger partial charge in [0.2, 0.25) is 10.0 Å². The molecule has 0 unspecified atom stereocenters. The van der Waals surface area contributed by atoms with Crippen LogP contribution in [-0.4, -0.2) is 57.3 Å². The van der Waals surface area contributed by atoms with Crippen LogP contribution in [0.15, 0.2) is 0 Å². The molecule has 18 heavy (non-hydrogen) atoms. The first-order valence-electron chi connectivity index (χ1n) is 6.33. The summed E-state index contributed by atoms with van der Waals surface area (Å²) in [5.74, 6) is 0.00695. The molecule has 2 heterocycles. The smallest absolute Gasteiger partial charge is 0.251 e. The Morgan fingerprint density at radius 3 is 2.72 bits per heavy atom. The normalized spacial score (nSPS) is 29.5. The summed E-state index contributed by atoms with van der Waals surface area (Å²) >= 11 is 0. The van der Waals surface area contributed by atoms with Gasteiger partial charge in [0.15, 0.2) is 0 Å². The minimum Gasteiger partial charge on any atom is -0.368 e. The van der Waals surface area contributed by atoms with Gasteiger partial charge < -0.3 is 9.64 Å². The molecule has 1 amide bonds. The van der Waals surface area contributed by atoms with Gasteiger partial charge in [-0.2, -0.15) is 0 Å². The highest BCUT2D eigenvalue weighted by molar-refractivity contribution is 7.88. The third kappa shape index (κ3) is 3.66. The topological polar surface area (TPSA) is 75.7 Å². The predicted octanol–water partition coefficient (Wildman–Crippen LogP) is -0.294. The summed E-state index contributed by atoms with van der Waals surface area (Å²) in [7, 11) is -3.21. The average Bonchev–Trinajstić information content (AvgIpc) is 2.79.